The van der Waals surface area contributed by atoms with E-state index >= 15 is 0 Å². The topological polar surface area (TPSA) is 83.3 Å². The molecule has 0 bridgehead atoms. The molecule has 0 saturated carbocycles. The molecule has 0 aromatic carbocycles. The molecular weight excluding hydrogens is 240 g/mol. The normalized spacial score (nSPS) is 10.9. The van der Waals surface area contributed by atoms with Crippen molar-refractivity contribution in [2.75, 3.05) is 0 Å². The third kappa shape index (κ3) is 2.19. The minimum absolute atomic E-state index is 0.0876. The largest absolute Gasteiger partial charge is 0.481 e. The van der Waals surface area contributed by atoms with Gasteiger partial charge in [0.2, 0.25) is 4.77 Å². The van der Waals surface area contributed by atoms with E-state index in [2.05, 4.69) is 15.1 Å². The van der Waals surface area contributed by atoms with Crippen LogP contribution in [0.15, 0.2) is 0 Å². The summed E-state index contributed by atoms with van der Waals surface area (Å²) in [5, 5.41) is 11.6. The second-order valence-electron chi connectivity index (χ2n) is 3.82. The fraction of sp³-hybridized carbons (Fsp3) is 0.400. The summed E-state index contributed by atoms with van der Waals surface area (Å²) in [5.74, 6) is -0.299. The summed E-state index contributed by atoms with van der Waals surface area (Å²) < 4.78 is 2.06. The van der Waals surface area contributed by atoms with Gasteiger partial charge in [-0.15, -0.1) is 0 Å². The van der Waals surface area contributed by atoms with E-state index in [0.717, 1.165) is 17.0 Å². The zero-order chi connectivity index (χ0) is 12.6. The van der Waals surface area contributed by atoms with Crippen LogP contribution in [0.1, 0.15) is 23.4 Å². The van der Waals surface area contributed by atoms with E-state index in [-0.39, 0.29) is 6.42 Å². The molecule has 0 aliphatic rings. The van der Waals surface area contributed by atoms with E-state index in [1.54, 1.807) is 4.52 Å². The molecular formula is C10H12N4O2S. The number of hydrogen-bond donors (Lipinski definition) is 2. The molecule has 17 heavy (non-hydrogen) atoms. The van der Waals surface area contributed by atoms with E-state index in [1.165, 1.54) is 0 Å². The number of carboxylic acid groups (broad SMARTS) is 1. The van der Waals surface area contributed by atoms with Gasteiger partial charge >= 0.3 is 5.97 Å². The van der Waals surface area contributed by atoms with Crippen molar-refractivity contribution in [1.29, 1.82) is 0 Å². The van der Waals surface area contributed by atoms with E-state index < -0.39 is 5.97 Å². The first-order valence-corrected chi connectivity index (χ1v) is 5.56. The molecule has 2 N–H and O–H groups in total. The molecule has 0 radical (unpaired) electrons. The Labute approximate surface area is 102 Å². The lowest BCUT2D eigenvalue weighted by Gasteiger charge is -2.09. The van der Waals surface area contributed by atoms with Gasteiger partial charge in [-0.25, -0.2) is 9.50 Å². The van der Waals surface area contributed by atoms with Crippen molar-refractivity contribution < 1.29 is 9.90 Å². The predicted molar refractivity (Wildman–Crippen MR) is 63.6 cm³/mol. The van der Waals surface area contributed by atoms with Crippen molar-refractivity contribution in [3.63, 3.8) is 0 Å². The average Bonchev–Trinajstić information content (AvgIpc) is 2.58. The summed E-state index contributed by atoms with van der Waals surface area (Å²) in [7, 11) is 0. The minimum atomic E-state index is -0.817. The van der Waals surface area contributed by atoms with E-state index in [9.17, 15) is 4.79 Å². The highest BCUT2D eigenvalue weighted by Crippen LogP contribution is 2.14. The number of nitrogens with one attached hydrogen (secondary N) is 1. The summed E-state index contributed by atoms with van der Waals surface area (Å²) in [6.07, 6.45) is 0.541. The number of carboxylic acids is 1. The molecule has 2 aromatic heterocycles. The van der Waals surface area contributed by atoms with Gasteiger partial charge in [0.05, 0.1) is 0 Å². The van der Waals surface area contributed by atoms with Crippen LogP contribution >= 0.6 is 12.2 Å². The van der Waals surface area contributed by atoms with Gasteiger partial charge in [-0.3, -0.25) is 9.89 Å². The summed E-state index contributed by atoms with van der Waals surface area (Å²) in [6.45, 7) is 3.74. The molecule has 0 fully saturated rings. The molecule has 0 amide bonds. The van der Waals surface area contributed by atoms with E-state index in [1.807, 2.05) is 13.8 Å². The predicted octanol–water partition coefficient (Wildman–Crippen LogP) is 1.42. The Kier molecular flexibility index (Phi) is 2.93. The second kappa shape index (κ2) is 4.25. The number of aromatic amines is 1. The quantitative estimate of drug-likeness (QED) is 0.807. The monoisotopic (exact) mass is 252 g/mol. The summed E-state index contributed by atoms with van der Waals surface area (Å²) in [6, 6.07) is 0. The summed E-state index contributed by atoms with van der Waals surface area (Å²) >= 11 is 4.94. The molecule has 0 spiro atoms. The number of rotatable bonds is 3. The zero-order valence-corrected chi connectivity index (χ0v) is 10.3. The van der Waals surface area contributed by atoms with Crippen molar-refractivity contribution in [1.82, 2.24) is 19.6 Å². The number of aliphatic carboxylic acids is 1. The molecule has 6 nitrogen and oxygen atoms in total. The number of nitrogens with zero attached hydrogens (tertiary/aromatic N) is 3. The number of aromatic nitrogens is 4. The molecule has 90 valence electrons. The molecule has 0 saturated heterocycles. The number of H-pyrrole nitrogens is 1. The van der Waals surface area contributed by atoms with Crippen molar-refractivity contribution in [2.45, 2.75) is 26.7 Å². The lowest BCUT2D eigenvalue weighted by Crippen LogP contribution is -2.08. The fourth-order valence-corrected chi connectivity index (χ4v) is 2.00. The second-order valence-corrected chi connectivity index (χ2v) is 4.21. The lowest BCUT2D eigenvalue weighted by atomic mass is 10.1. The Bertz CT molecular complexity index is 644. The van der Waals surface area contributed by atoms with Crippen LogP contribution in [0.5, 0.6) is 0 Å². The van der Waals surface area contributed by atoms with Crippen LogP contribution in [0.25, 0.3) is 5.78 Å². The maximum atomic E-state index is 10.6. The molecule has 2 heterocycles. The Morgan fingerprint density at radius 1 is 1.47 bits per heavy atom. The third-order valence-electron chi connectivity index (χ3n) is 2.67. The van der Waals surface area contributed by atoms with Gasteiger partial charge in [-0.05, 0) is 38.0 Å². The maximum absolute atomic E-state index is 10.6. The highest BCUT2D eigenvalue weighted by molar-refractivity contribution is 7.71. The van der Waals surface area contributed by atoms with Crippen molar-refractivity contribution >= 4 is 24.0 Å². The zero-order valence-electron chi connectivity index (χ0n) is 9.52. The fourth-order valence-electron chi connectivity index (χ4n) is 1.83. The minimum Gasteiger partial charge on any atom is -0.481 e. The standard InChI is InChI=1S/C10H12N4O2S/c1-5-7(3-4-8(15)16)6(2)14-9(11-5)12-10(17)13-14/h3-4H2,1-2H3,(H,13,17)(H,15,16). The highest BCUT2D eigenvalue weighted by atomic mass is 32.1. The van der Waals surface area contributed by atoms with E-state index in [4.69, 9.17) is 17.3 Å². The van der Waals surface area contributed by atoms with Crippen LogP contribution in [-0.2, 0) is 11.2 Å². The highest BCUT2D eigenvalue weighted by Gasteiger charge is 2.11. The molecule has 2 aromatic rings. The molecule has 7 heteroatoms. The maximum Gasteiger partial charge on any atom is 0.303 e. The smallest absolute Gasteiger partial charge is 0.303 e. The van der Waals surface area contributed by atoms with Gasteiger partial charge < -0.3 is 5.11 Å². The van der Waals surface area contributed by atoms with Gasteiger partial charge in [-0.2, -0.15) is 4.98 Å². The first-order valence-electron chi connectivity index (χ1n) is 5.15. The first-order chi connectivity index (χ1) is 7.99. The Hall–Kier alpha value is -1.76. The van der Waals surface area contributed by atoms with Crippen molar-refractivity contribution in [2.24, 2.45) is 0 Å². The van der Waals surface area contributed by atoms with E-state index in [0.29, 0.717) is 17.0 Å². The van der Waals surface area contributed by atoms with Gasteiger partial charge in [0.25, 0.3) is 5.78 Å². The van der Waals surface area contributed by atoms with Gasteiger partial charge in [-0.1, -0.05) is 0 Å². The Morgan fingerprint density at radius 3 is 2.82 bits per heavy atom. The molecule has 0 atom stereocenters. The number of aryl methyl sites for hydroxylation is 2. The van der Waals surface area contributed by atoms with Crippen LogP contribution in [-0.4, -0.2) is 30.7 Å². The van der Waals surface area contributed by atoms with Crippen LogP contribution in [0.4, 0.5) is 0 Å². The van der Waals surface area contributed by atoms with Crippen LogP contribution in [0, 0.1) is 18.6 Å². The van der Waals surface area contributed by atoms with Crippen LogP contribution < -0.4 is 0 Å². The summed E-state index contributed by atoms with van der Waals surface area (Å²) in [5.41, 5.74) is 2.62. The Morgan fingerprint density at radius 2 is 2.18 bits per heavy atom. The molecule has 0 aliphatic carbocycles. The first kappa shape index (κ1) is 11.7. The van der Waals surface area contributed by atoms with Gasteiger partial charge in [0, 0.05) is 17.8 Å². The number of fused-ring (bicyclic) bond motifs is 1. The van der Waals surface area contributed by atoms with Gasteiger partial charge in [0.1, 0.15) is 0 Å². The van der Waals surface area contributed by atoms with Crippen molar-refractivity contribution in [3.05, 3.63) is 21.7 Å². The number of hydrogen-bond acceptors (Lipinski definition) is 4. The summed E-state index contributed by atoms with van der Waals surface area (Å²) in [4.78, 5) is 19.0. The average molecular weight is 252 g/mol. The third-order valence-corrected chi connectivity index (χ3v) is 2.86. The molecule has 2 rings (SSSR count). The molecule has 0 aliphatic heterocycles. The van der Waals surface area contributed by atoms with Crippen LogP contribution in [0.3, 0.4) is 0 Å². The van der Waals surface area contributed by atoms with Gasteiger partial charge in [0.15, 0.2) is 0 Å². The van der Waals surface area contributed by atoms with Crippen LogP contribution in [0.2, 0.25) is 0 Å². The van der Waals surface area contributed by atoms with Crippen molar-refractivity contribution in [3.8, 4) is 0 Å². The lowest BCUT2D eigenvalue weighted by molar-refractivity contribution is -0.136. The Balaban J connectivity index is 2.54. The SMILES string of the molecule is Cc1nc2nc(=S)[nH]n2c(C)c1CCC(=O)O. The molecule has 0 unspecified atom stereocenters. The number of carbonyl (C=O) groups is 1.